The number of aliphatic imine (C=N–C) groups is 1. The minimum absolute atomic E-state index is 0.0515. The van der Waals surface area contributed by atoms with Crippen LogP contribution >= 0.6 is 23.2 Å². The second kappa shape index (κ2) is 6.77. The first-order chi connectivity index (χ1) is 11.7. The largest absolute Gasteiger partial charge is 0.238 e. The molecule has 5 heteroatoms. The zero-order chi connectivity index (χ0) is 18.5. The summed E-state index contributed by atoms with van der Waals surface area (Å²) in [5.41, 5.74) is 7.80. The van der Waals surface area contributed by atoms with Gasteiger partial charge < -0.3 is 0 Å². The molecule has 3 unspecified atom stereocenters. The summed E-state index contributed by atoms with van der Waals surface area (Å²) in [6.45, 7) is 12.5. The number of halogens is 2. The van der Waals surface area contributed by atoms with Crippen LogP contribution in [0.5, 0.6) is 0 Å². The van der Waals surface area contributed by atoms with Crippen LogP contribution in [0.2, 0.25) is 0 Å². The molecule has 0 N–H and O–H groups in total. The Balaban J connectivity index is 2.19. The molecule has 2 heterocycles. The number of benzene rings is 1. The van der Waals surface area contributed by atoms with E-state index >= 15 is 0 Å². The third kappa shape index (κ3) is 3.24. The molecule has 2 aromatic rings. The fourth-order valence-electron chi connectivity index (χ4n) is 3.93. The van der Waals surface area contributed by atoms with Crippen LogP contribution in [0.1, 0.15) is 48.2 Å². The Morgan fingerprint density at radius 2 is 1.68 bits per heavy atom. The number of aryl methyl sites for hydroxylation is 4. The molecule has 0 bridgehead atoms. The van der Waals surface area contributed by atoms with Crippen LogP contribution in [-0.4, -0.2) is 20.9 Å². The fourth-order valence-corrected chi connectivity index (χ4v) is 4.55. The molecular formula is C20H25Cl2N3. The molecule has 0 spiro atoms. The van der Waals surface area contributed by atoms with E-state index in [1.165, 1.54) is 22.3 Å². The van der Waals surface area contributed by atoms with Gasteiger partial charge in [-0.2, -0.15) is 5.10 Å². The van der Waals surface area contributed by atoms with E-state index in [4.69, 9.17) is 33.3 Å². The predicted molar refractivity (Wildman–Crippen MR) is 108 cm³/mol. The van der Waals surface area contributed by atoms with Gasteiger partial charge in [0.05, 0.1) is 5.69 Å². The van der Waals surface area contributed by atoms with Gasteiger partial charge in [0.2, 0.25) is 0 Å². The molecule has 3 atom stereocenters. The van der Waals surface area contributed by atoms with Crippen molar-refractivity contribution in [3.63, 3.8) is 0 Å². The Kier molecular flexibility index (Phi) is 5.00. The Labute approximate surface area is 160 Å². The van der Waals surface area contributed by atoms with Gasteiger partial charge in [0.15, 0.2) is 5.82 Å². The van der Waals surface area contributed by atoms with E-state index in [0.717, 1.165) is 29.2 Å². The maximum atomic E-state index is 6.79. The van der Waals surface area contributed by atoms with Crippen molar-refractivity contribution in [2.24, 2.45) is 10.9 Å². The van der Waals surface area contributed by atoms with Gasteiger partial charge in [-0.05, 0) is 64.7 Å². The van der Waals surface area contributed by atoms with Crippen molar-refractivity contribution in [1.82, 2.24) is 9.78 Å². The molecule has 0 amide bonds. The number of nitrogens with zero attached hydrogens (tertiary/aromatic N) is 3. The van der Waals surface area contributed by atoms with Crippen molar-refractivity contribution in [2.75, 3.05) is 0 Å². The standard InChI is InChI=1S/C20H25Cl2N3/c1-10-7-11(2)17(12(3)8-10)18-15(6)24-25-19(22)16(9-13(4)21)14(5)23-20(18)25/h7-8,13,16,19H,9H2,1-6H3. The molecule has 25 heavy (non-hydrogen) atoms. The highest BCUT2D eigenvalue weighted by Gasteiger charge is 2.34. The van der Waals surface area contributed by atoms with Crippen molar-refractivity contribution >= 4 is 34.7 Å². The third-order valence-corrected chi connectivity index (χ3v) is 5.62. The molecule has 0 aliphatic carbocycles. The number of aromatic nitrogens is 2. The molecule has 134 valence electrons. The van der Waals surface area contributed by atoms with E-state index in [0.29, 0.717) is 0 Å². The smallest absolute Gasteiger partial charge is 0.160 e. The van der Waals surface area contributed by atoms with Gasteiger partial charge >= 0.3 is 0 Å². The minimum Gasteiger partial charge on any atom is -0.238 e. The van der Waals surface area contributed by atoms with E-state index in [2.05, 4.69) is 32.9 Å². The van der Waals surface area contributed by atoms with Crippen molar-refractivity contribution in [2.45, 2.75) is 58.8 Å². The van der Waals surface area contributed by atoms with Crippen LogP contribution in [0.3, 0.4) is 0 Å². The lowest BCUT2D eigenvalue weighted by molar-refractivity contribution is 0.451. The molecular weight excluding hydrogens is 353 g/mol. The van der Waals surface area contributed by atoms with Crippen molar-refractivity contribution in [3.05, 3.63) is 34.5 Å². The number of alkyl halides is 2. The van der Waals surface area contributed by atoms with E-state index in [1.54, 1.807) is 0 Å². The van der Waals surface area contributed by atoms with Crippen LogP contribution < -0.4 is 0 Å². The summed E-state index contributed by atoms with van der Waals surface area (Å²) in [4.78, 5) is 4.91. The average Bonchev–Trinajstić information content (AvgIpc) is 2.80. The summed E-state index contributed by atoms with van der Waals surface area (Å²) in [5.74, 6) is 0.970. The summed E-state index contributed by atoms with van der Waals surface area (Å²) < 4.78 is 1.88. The Morgan fingerprint density at radius 1 is 1.08 bits per heavy atom. The Hall–Kier alpha value is -1.32. The molecule has 0 saturated carbocycles. The SMILES string of the molecule is CC1=Nc2c(-c3c(C)cc(C)cc3C)c(C)nn2C(Cl)C1CC(C)Cl. The topological polar surface area (TPSA) is 30.2 Å². The first-order valence-corrected chi connectivity index (χ1v) is 9.58. The third-order valence-electron chi connectivity index (χ3n) is 4.95. The highest BCUT2D eigenvalue weighted by molar-refractivity contribution is 6.22. The Morgan fingerprint density at radius 3 is 2.24 bits per heavy atom. The summed E-state index contributed by atoms with van der Waals surface area (Å²) in [5, 5.41) is 4.79. The monoisotopic (exact) mass is 377 g/mol. The number of rotatable bonds is 3. The molecule has 0 saturated heterocycles. The van der Waals surface area contributed by atoms with Crippen molar-refractivity contribution < 1.29 is 0 Å². The highest BCUT2D eigenvalue weighted by Crippen LogP contribution is 2.45. The molecule has 0 fully saturated rings. The molecule has 0 radical (unpaired) electrons. The van der Waals surface area contributed by atoms with E-state index < -0.39 is 0 Å². The summed E-state index contributed by atoms with van der Waals surface area (Å²) in [6, 6.07) is 4.42. The van der Waals surface area contributed by atoms with E-state index in [-0.39, 0.29) is 16.8 Å². The fraction of sp³-hybridized carbons (Fsp3) is 0.500. The second-order valence-electron chi connectivity index (χ2n) is 7.25. The van der Waals surface area contributed by atoms with E-state index in [9.17, 15) is 0 Å². The molecule has 1 aliphatic rings. The number of hydrogen-bond acceptors (Lipinski definition) is 2. The minimum atomic E-state index is -0.257. The lowest BCUT2D eigenvalue weighted by Crippen LogP contribution is -2.27. The molecule has 1 aromatic heterocycles. The summed E-state index contributed by atoms with van der Waals surface area (Å²) in [6.07, 6.45) is 0.793. The van der Waals surface area contributed by atoms with Crippen LogP contribution in [-0.2, 0) is 0 Å². The van der Waals surface area contributed by atoms with Crippen LogP contribution in [0.15, 0.2) is 17.1 Å². The zero-order valence-corrected chi connectivity index (χ0v) is 17.2. The lowest BCUT2D eigenvalue weighted by atomic mass is 9.92. The number of hydrogen-bond donors (Lipinski definition) is 0. The summed E-state index contributed by atoms with van der Waals surface area (Å²) in [7, 11) is 0. The van der Waals surface area contributed by atoms with Crippen LogP contribution in [0.25, 0.3) is 11.1 Å². The van der Waals surface area contributed by atoms with Gasteiger partial charge in [0, 0.05) is 22.6 Å². The number of fused-ring (bicyclic) bond motifs is 1. The van der Waals surface area contributed by atoms with Gasteiger partial charge in [-0.3, -0.25) is 0 Å². The van der Waals surface area contributed by atoms with Gasteiger partial charge in [-0.15, -0.1) is 11.6 Å². The van der Waals surface area contributed by atoms with Crippen LogP contribution in [0.4, 0.5) is 5.82 Å². The molecule has 1 aromatic carbocycles. The second-order valence-corrected chi connectivity index (χ2v) is 8.44. The van der Waals surface area contributed by atoms with Gasteiger partial charge in [-0.25, -0.2) is 9.67 Å². The predicted octanol–water partition coefficient (Wildman–Crippen LogP) is 6.26. The maximum absolute atomic E-state index is 6.79. The lowest BCUT2D eigenvalue weighted by Gasteiger charge is -2.28. The highest BCUT2D eigenvalue weighted by atomic mass is 35.5. The summed E-state index contributed by atoms with van der Waals surface area (Å²) >= 11 is 13.0. The molecule has 3 rings (SSSR count). The van der Waals surface area contributed by atoms with Crippen molar-refractivity contribution in [3.8, 4) is 11.1 Å². The van der Waals surface area contributed by atoms with Gasteiger partial charge in [0.1, 0.15) is 5.50 Å². The molecule has 3 nitrogen and oxygen atoms in total. The first kappa shape index (κ1) is 18.5. The quantitative estimate of drug-likeness (QED) is 0.580. The Bertz CT molecular complexity index is 826. The maximum Gasteiger partial charge on any atom is 0.160 e. The van der Waals surface area contributed by atoms with Gasteiger partial charge in [-0.1, -0.05) is 29.3 Å². The van der Waals surface area contributed by atoms with E-state index in [1.807, 2.05) is 25.5 Å². The zero-order valence-electron chi connectivity index (χ0n) is 15.7. The van der Waals surface area contributed by atoms with Crippen molar-refractivity contribution in [1.29, 1.82) is 0 Å². The van der Waals surface area contributed by atoms with Gasteiger partial charge in [0.25, 0.3) is 0 Å². The average molecular weight is 378 g/mol. The van der Waals surface area contributed by atoms with Crippen LogP contribution in [0, 0.1) is 33.6 Å². The molecule has 1 aliphatic heterocycles. The first-order valence-electron chi connectivity index (χ1n) is 8.71. The normalized spacial score (nSPS) is 21.0.